The van der Waals surface area contributed by atoms with Gasteiger partial charge in [-0.1, -0.05) is 176 Å². The van der Waals surface area contributed by atoms with E-state index in [-0.39, 0.29) is 5.92 Å². The molecule has 0 amide bonds. The molecule has 14 rings (SSSR count). The van der Waals surface area contributed by atoms with Crippen molar-refractivity contribution in [3.63, 3.8) is 0 Å². The molecule has 0 fully saturated rings. The van der Waals surface area contributed by atoms with Crippen molar-refractivity contribution in [3.8, 4) is 0 Å². The average Bonchev–Trinajstić information content (AvgIpc) is 3.25. The molecule has 2 bridgehead atoms. The maximum absolute atomic E-state index is 16.8. The zero-order valence-corrected chi connectivity index (χ0v) is 30.2. The highest BCUT2D eigenvalue weighted by Gasteiger charge is 2.63. The quantitative estimate of drug-likeness (QED) is 0.171. The second-order valence-electron chi connectivity index (χ2n) is 15.4. The first-order valence-electron chi connectivity index (χ1n) is 18.9. The third-order valence-corrected chi connectivity index (χ3v) is 16.5. The Morgan fingerprint density at radius 1 is 0.389 bits per heavy atom. The van der Waals surface area contributed by atoms with Gasteiger partial charge in [0.2, 0.25) is 0 Å². The SMILES string of the molecule is O=P1(c2ccccc2)c2cccc3c2N2c4c(cccc41)C14c5ccccc5C(c5ccccc51)c1ccc(c2c14)C3(c1ccccc1)c1ccccc1. The molecule has 3 aliphatic heterocycles. The average molecular weight is 706 g/mol. The summed E-state index contributed by atoms with van der Waals surface area (Å²) < 4.78 is 16.8. The Kier molecular flexibility index (Phi) is 5.34. The molecule has 1 atom stereocenters. The van der Waals surface area contributed by atoms with E-state index in [0.29, 0.717) is 0 Å². The summed E-state index contributed by atoms with van der Waals surface area (Å²) in [6, 6.07) is 68.8. The molecular weight excluding hydrogens is 674 g/mol. The second kappa shape index (κ2) is 9.85. The molecule has 252 valence electrons. The molecule has 1 spiro atoms. The molecule has 3 heteroatoms. The van der Waals surface area contributed by atoms with Crippen LogP contribution in [0.3, 0.4) is 0 Å². The topological polar surface area (TPSA) is 20.3 Å². The van der Waals surface area contributed by atoms with Crippen LogP contribution in [-0.4, -0.2) is 0 Å². The van der Waals surface area contributed by atoms with Crippen LogP contribution in [0, 0.1) is 0 Å². The highest BCUT2D eigenvalue weighted by atomic mass is 31.2. The highest BCUT2D eigenvalue weighted by molar-refractivity contribution is 7.86. The van der Waals surface area contributed by atoms with Gasteiger partial charge >= 0.3 is 0 Å². The van der Waals surface area contributed by atoms with Crippen LogP contribution >= 0.6 is 7.14 Å². The van der Waals surface area contributed by atoms with E-state index in [1.54, 1.807) is 0 Å². The van der Waals surface area contributed by atoms with Gasteiger partial charge in [0.05, 0.1) is 27.9 Å². The number of rotatable bonds is 3. The molecule has 3 aliphatic carbocycles. The molecular formula is C51H32NOP. The van der Waals surface area contributed by atoms with Crippen LogP contribution in [0.1, 0.15) is 67.1 Å². The minimum Gasteiger partial charge on any atom is -0.308 e. The second-order valence-corrected chi connectivity index (χ2v) is 18.1. The lowest BCUT2D eigenvalue weighted by atomic mass is 9.48. The molecule has 2 nitrogen and oxygen atoms in total. The number of hydrogen-bond acceptors (Lipinski definition) is 2. The molecule has 6 aliphatic rings. The predicted octanol–water partition coefficient (Wildman–Crippen LogP) is 10.3. The Morgan fingerprint density at radius 3 is 1.43 bits per heavy atom. The molecule has 0 aromatic heterocycles. The molecule has 0 saturated heterocycles. The van der Waals surface area contributed by atoms with Crippen molar-refractivity contribution in [1.29, 1.82) is 0 Å². The van der Waals surface area contributed by atoms with Crippen molar-refractivity contribution in [2.45, 2.75) is 16.7 Å². The summed E-state index contributed by atoms with van der Waals surface area (Å²) in [6.45, 7) is 0. The van der Waals surface area contributed by atoms with Crippen LogP contribution in [0.25, 0.3) is 0 Å². The summed E-state index contributed by atoms with van der Waals surface area (Å²) >= 11 is 0. The lowest BCUT2D eigenvalue weighted by molar-refractivity contribution is 0.590. The molecule has 54 heavy (non-hydrogen) atoms. The minimum absolute atomic E-state index is 0.115. The zero-order chi connectivity index (χ0) is 35.4. The zero-order valence-electron chi connectivity index (χ0n) is 29.3. The van der Waals surface area contributed by atoms with Gasteiger partial charge in [-0.05, 0) is 67.8 Å². The van der Waals surface area contributed by atoms with Gasteiger partial charge in [0.1, 0.15) is 0 Å². The maximum Gasteiger partial charge on any atom is 0.175 e. The van der Waals surface area contributed by atoms with Gasteiger partial charge in [-0.15, -0.1) is 0 Å². The van der Waals surface area contributed by atoms with E-state index in [9.17, 15) is 0 Å². The van der Waals surface area contributed by atoms with Gasteiger partial charge in [-0.25, -0.2) is 0 Å². The number of para-hydroxylation sites is 2. The lowest BCUT2D eigenvalue weighted by Crippen LogP contribution is -2.53. The van der Waals surface area contributed by atoms with Gasteiger partial charge in [0.15, 0.2) is 7.14 Å². The van der Waals surface area contributed by atoms with Crippen LogP contribution < -0.4 is 20.8 Å². The Balaban J connectivity index is 1.32. The fourth-order valence-corrected chi connectivity index (χ4v) is 14.7. The minimum atomic E-state index is -3.41. The first-order valence-corrected chi connectivity index (χ1v) is 20.6. The van der Waals surface area contributed by atoms with E-state index >= 15 is 4.57 Å². The van der Waals surface area contributed by atoms with Crippen LogP contribution in [-0.2, 0) is 15.4 Å². The number of anilines is 3. The van der Waals surface area contributed by atoms with Gasteiger partial charge < -0.3 is 9.46 Å². The third kappa shape index (κ3) is 3.01. The predicted molar refractivity (Wildman–Crippen MR) is 219 cm³/mol. The van der Waals surface area contributed by atoms with E-state index in [0.717, 1.165) is 27.3 Å². The highest BCUT2D eigenvalue weighted by Crippen LogP contribution is 2.73. The van der Waals surface area contributed by atoms with Crippen LogP contribution in [0.2, 0.25) is 0 Å². The fourth-order valence-electron chi connectivity index (χ4n) is 11.6. The molecule has 8 aromatic rings. The van der Waals surface area contributed by atoms with Gasteiger partial charge in [-0.3, -0.25) is 0 Å². The summed E-state index contributed by atoms with van der Waals surface area (Å²) in [5.74, 6) is 0.115. The van der Waals surface area contributed by atoms with E-state index in [4.69, 9.17) is 0 Å². The third-order valence-electron chi connectivity index (χ3n) is 13.4. The largest absolute Gasteiger partial charge is 0.308 e. The van der Waals surface area contributed by atoms with Crippen molar-refractivity contribution in [2.75, 3.05) is 4.90 Å². The van der Waals surface area contributed by atoms with Crippen LogP contribution in [0.15, 0.2) is 188 Å². The van der Waals surface area contributed by atoms with Gasteiger partial charge in [-0.2, -0.15) is 0 Å². The summed E-state index contributed by atoms with van der Waals surface area (Å²) in [5.41, 5.74) is 16.3. The number of hydrogen-bond donors (Lipinski definition) is 0. The van der Waals surface area contributed by atoms with Crippen LogP contribution in [0.5, 0.6) is 0 Å². The van der Waals surface area contributed by atoms with E-state index < -0.39 is 18.0 Å². The Hall–Kier alpha value is -6.21. The van der Waals surface area contributed by atoms with Crippen molar-refractivity contribution < 1.29 is 4.57 Å². The number of nitrogens with zero attached hydrogens (tertiary/aromatic N) is 1. The van der Waals surface area contributed by atoms with E-state index in [1.165, 1.54) is 66.9 Å². The molecule has 8 aromatic carbocycles. The maximum atomic E-state index is 16.8. The summed E-state index contributed by atoms with van der Waals surface area (Å²) in [4.78, 5) is 2.57. The number of benzene rings is 8. The first-order chi connectivity index (χ1) is 26.7. The van der Waals surface area contributed by atoms with Gasteiger partial charge in [0.25, 0.3) is 0 Å². The summed E-state index contributed by atoms with van der Waals surface area (Å²) in [7, 11) is -3.41. The molecule has 0 radical (unpaired) electrons. The monoisotopic (exact) mass is 705 g/mol. The fraction of sp³-hybridized carbons (Fsp3) is 0.0588. The molecule has 0 saturated carbocycles. The normalized spacial score (nSPS) is 21.9. The summed E-state index contributed by atoms with van der Waals surface area (Å²) in [6.07, 6.45) is 0. The Labute approximate surface area is 314 Å². The van der Waals surface area contributed by atoms with Crippen LogP contribution in [0.4, 0.5) is 17.1 Å². The summed E-state index contributed by atoms with van der Waals surface area (Å²) in [5, 5.41) is 2.70. The molecule has 0 N–H and O–H groups in total. The smallest absolute Gasteiger partial charge is 0.175 e. The van der Waals surface area contributed by atoms with E-state index in [2.05, 4.69) is 175 Å². The van der Waals surface area contributed by atoms with Crippen molar-refractivity contribution >= 4 is 40.1 Å². The first kappa shape index (κ1) is 29.3. The van der Waals surface area contributed by atoms with Crippen molar-refractivity contribution in [1.82, 2.24) is 0 Å². The molecule has 3 heterocycles. The van der Waals surface area contributed by atoms with Crippen molar-refractivity contribution in [2.24, 2.45) is 0 Å². The molecule has 1 unspecified atom stereocenters. The Bertz CT molecular complexity index is 2880. The Morgan fingerprint density at radius 2 is 0.852 bits per heavy atom. The van der Waals surface area contributed by atoms with E-state index in [1.807, 2.05) is 18.2 Å². The lowest BCUT2D eigenvalue weighted by Gasteiger charge is -2.60. The van der Waals surface area contributed by atoms with Crippen molar-refractivity contribution in [3.05, 3.63) is 249 Å². The standard InChI is InChI=1S/C51H32NOP/c53-54(34-20-8-3-9-21-34)43-28-14-26-40-47(43)52-48-41(27-15-29-44(48)54)51-38-24-12-10-22-35(38)45(36-23-11-13-25-39(36)51)37-30-31-42(49(52)46(37)51)50(40,32-16-4-1-5-17-32)33-18-6-2-7-19-33/h1-31,45H. The van der Waals surface area contributed by atoms with Gasteiger partial charge in [0, 0.05) is 27.4 Å².